The van der Waals surface area contributed by atoms with Gasteiger partial charge in [-0.3, -0.25) is 9.59 Å². The summed E-state index contributed by atoms with van der Waals surface area (Å²) in [6.07, 6.45) is 54.2. The molecule has 0 heterocycles. The number of rotatable bonds is 42. The molecule has 0 aliphatic carbocycles. The van der Waals surface area contributed by atoms with Crippen LogP contribution >= 0.6 is 0 Å². The molecule has 3 N–H and O–H groups in total. The Morgan fingerprint density at radius 2 is 0.947 bits per heavy atom. The number of hydrogen-bond acceptors (Lipinski definition) is 5. The van der Waals surface area contributed by atoms with Gasteiger partial charge in [0.25, 0.3) is 0 Å². The van der Waals surface area contributed by atoms with E-state index in [1.165, 1.54) is 109 Å². The highest BCUT2D eigenvalue weighted by molar-refractivity contribution is 5.77. The minimum atomic E-state index is -0.794. The van der Waals surface area contributed by atoms with E-state index in [2.05, 4.69) is 44.3 Å². The topological polar surface area (TPSA) is 95.9 Å². The predicted octanol–water partition coefficient (Wildman–Crippen LogP) is 14.1. The Labute approximate surface area is 352 Å². The van der Waals surface area contributed by atoms with E-state index in [0.29, 0.717) is 19.3 Å². The zero-order valence-electron chi connectivity index (χ0n) is 37.5. The van der Waals surface area contributed by atoms with Crippen molar-refractivity contribution in [2.75, 3.05) is 6.61 Å². The first-order chi connectivity index (χ1) is 28.0. The molecule has 3 atom stereocenters. The van der Waals surface area contributed by atoms with Crippen LogP contribution in [0.3, 0.4) is 0 Å². The third-order valence-electron chi connectivity index (χ3n) is 10.7. The number of carbonyl (C=O) groups excluding carboxylic acids is 2. The first-order valence-corrected chi connectivity index (χ1v) is 24.1. The number of esters is 1. The highest BCUT2D eigenvalue weighted by Crippen LogP contribution is 2.18. The van der Waals surface area contributed by atoms with Gasteiger partial charge >= 0.3 is 5.97 Å². The molecular weight excluding hydrogens is 707 g/mol. The fraction of sp³-hybridized carbons (Fsp3) is 0.765. The number of aliphatic hydroxyl groups is 2. The zero-order valence-corrected chi connectivity index (χ0v) is 37.5. The van der Waals surface area contributed by atoms with Crippen molar-refractivity contribution in [1.82, 2.24) is 5.32 Å². The number of unbranched alkanes of at least 4 members (excludes halogenated alkanes) is 24. The summed E-state index contributed by atoms with van der Waals surface area (Å²) in [5.41, 5.74) is 0. The maximum atomic E-state index is 13.1. The second-order valence-electron chi connectivity index (χ2n) is 16.3. The van der Waals surface area contributed by atoms with Gasteiger partial charge in [-0.25, -0.2) is 0 Å². The molecule has 0 spiro atoms. The van der Waals surface area contributed by atoms with Crippen molar-refractivity contribution in [3.63, 3.8) is 0 Å². The van der Waals surface area contributed by atoms with Crippen molar-refractivity contribution in [3.05, 3.63) is 60.8 Å². The van der Waals surface area contributed by atoms with Gasteiger partial charge in [-0.2, -0.15) is 0 Å². The normalized spacial score (nSPS) is 13.8. The van der Waals surface area contributed by atoms with Gasteiger partial charge < -0.3 is 20.3 Å². The lowest BCUT2D eigenvalue weighted by atomic mass is 10.0. The van der Waals surface area contributed by atoms with Gasteiger partial charge in [0.15, 0.2) is 0 Å². The Hall–Kier alpha value is -2.44. The van der Waals surface area contributed by atoms with E-state index >= 15 is 0 Å². The molecule has 0 bridgehead atoms. The van der Waals surface area contributed by atoms with E-state index in [4.69, 9.17) is 4.74 Å². The quantitative estimate of drug-likeness (QED) is 0.0325. The van der Waals surface area contributed by atoms with E-state index in [-0.39, 0.29) is 24.9 Å². The average molecular weight is 798 g/mol. The molecule has 57 heavy (non-hydrogen) atoms. The minimum absolute atomic E-state index is 0.0603. The van der Waals surface area contributed by atoms with E-state index in [1.807, 2.05) is 42.5 Å². The van der Waals surface area contributed by atoms with E-state index in [0.717, 1.165) is 70.6 Å². The molecule has 0 aromatic rings. The molecule has 0 aromatic carbocycles. The summed E-state index contributed by atoms with van der Waals surface area (Å²) in [4.78, 5) is 26.0. The van der Waals surface area contributed by atoms with Crippen LogP contribution in [-0.4, -0.2) is 46.9 Å². The first kappa shape index (κ1) is 54.6. The highest BCUT2D eigenvalue weighted by Gasteiger charge is 2.24. The maximum absolute atomic E-state index is 13.1. The van der Waals surface area contributed by atoms with Crippen LogP contribution in [0, 0.1) is 0 Å². The third-order valence-corrected chi connectivity index (χ3v) is 10.7. The van der Waals surface area contributed by atoms with Crippen molar-refractivity contribution < 1.29 is 24.5 Å². The highest BCUT2D eigenvalue weighted by atomic mass is 16.5. The number of hydrogen-bond donors (Lipinski definition) is 3. The standard InChI is InChI=1S/C51H91NO5/c1-4-7-10-13-16-19-22-24-25-27-29-32-35-38-41-44-51(56)57-47(42-39-36-33-30-21-18-15-12-9-6-3)45-50(55)52-48(46-53)49(54)43-40-37-34-31-28-26-23-20-17-14-11-8-5-2/h7,10,13,16,19,22,24-25,27,29,47-49,53-54H,4-6,8-9,11-12,14-15,17-18,20-21,23,26,28,30-46H2,1-3H3,(H,52,55)/b10-7+,16-13+,22-19-,25-24-,29-27+. The van der Waals surface area contributed by atoms with E-state index in [9.17, 15) is 19.8 Å². The van der Waals surface area contributed by atoms with Crippen LogP contribution in [0.5, 0.6) is 0 Å². The number of carbonyl (C=O) groups is 2. The van der Waals surface area contributed by atoms with Crippen molar-refractivity contribution in [2.24, 2.45) is 0 Å². The fourth-order valence-corrected chi connectivity index (χ4v) is 7.10. The summed E-state index contributed by atoms with van der Waals surface area (Å²) in [6.45, 7) is 6.31. The van der Waals surface area contributed by atoms with Crippen LogP contribution < -0.4 is 5.32 Å². The van der Waals surface area contributed by atoms with E-state index in [1.54, 1.807) is 0 Å². The van der Waals surface area contributed by atoms with Gasteiger partial charge in [0, 0.05) is 6.42 Å². The van der Waals surface area contributed by atoms with Gasteiger partial charge in [0.1, 0.15) is 6.10 Å². The zero-order chi connectivity index (χ0) is 41.7. The van der Waals surface area contributed by atoms with Gasteiger partial charge in [0.05, 0.1) is 25.2 Å². The summed E-state index contributed by atoms with van der Waals surface area (Å²) in [5.74, 6) is -0.522. The van der Waals surface area contributed by atoms with Crippen molar-refractivity contribution in [3.8, 4) is 0 Å². The van der Waals surface area contributed by atoms with Crippen LogP contribution in [-0.2, 0) is 14.3 Å². The van der Waals surface area contributed by atoms with Crippen LogP contribution in [0.2, 0.25) is 0 Å². The summed E-state index contributed by atoms with van der Waals surface area (Å²) < 4.78 is 5.89. The third kappa shape index (κ3) is 40.1. The lowest BCUT2D eigenvalue weighted by molar-refractivity contribution is -0.151. The molecule has 3 unspecified atom stereocenters. The Balaban J connectivity index is 4.61. The molecule has 0 aromatic heterocycles. The Morgan fingerprint density at radius 1 is 0.526 bits per heavy atom. The molecule has 0 fully saturated rings. The number of amides is 1. The Bertz CT molecular complexity index is 1030. The average Bonchev–Trinajstić information content (AvgIpc) is 3.20. The van der Waals surface area contributed by atoms with Crippen LogP contribution in [0.4, 0.5) is 0 Å². The van der Waals surface area contributed by atoms with Gasteiger partial charge in [-0.1, -0.05) is 229 Å². The summed E-state index contributed by atoms with van der Waals surface area (Å²) in [7, 11) is 0. The molecule has 0 saturated carbocycles. The Kier molecular flexibility index (Phi) is 42.7. The SMILES string of the molecule is CC/C=C/C=C/C=C\C=C/C=C/CCCCCC(=O)OC(CCCCCCCCCCCC)CC(=O)NC(CO)C(O)CCCCCCCCCCCCCCC. The lowest BCUT2D eigenvalue weighted by Gasteiger charge is -2.24. The largest absolute Gasteiger partial charge is 0.462 e. The second kappa shape index (κ2) is 44.7. The maximum Gasteiger partial charge on any atom is 0.306 e. The molecule has 0 aliphatic rings. The molecular formula is C51H91NO5. The van der Waals surface area contributed by atoms with Crippen LogP contribution in [0.15, 0.2) is 60.8 Å². The van der Waals surface area contributed by atoms with Crippen molar-refractivity contribution >= 4 is 11.9 Å². The van der Waals surface area contributed by atoms with Gasteiger partial charge in [-0.05, 0) is 44.9 Å². The van der Waals surface area contributed by atoms with Crippen LogP contribution in [0.25, 0.3) is 0 Å². The summed E-state index contributed by atoms with van der Waals surface area (Å²) >= 11 is 0. The predicted molar refractivity (Wildman–Crippen MR) is 245 cm³/mol. The molecule has 0 aliphatic heterocycles. The lowest BCUT2D eigenvalue weighted by Crippen LogP contribution is -2.46. The first-order valence-electron chi connectivity index (χ1n) is 24.1. The molecule has 1 amide bonds. The Morgan fingerprint density at radius 3 is 1.42 bits per heavy atom. The molecule has 330 valence electrons. The fourth-order valence-electron chi connectivity index (χ4n) is 7.10. The van der Waals surface area contributed by atoms with Gasteiger partial charge in [0.2, 0.25) is 5.91 Å². The van der Waals surface area contributed by atoms with Crippen molar-refractivity contribution in [2.45, 2.75) is 244 Å². The minimum Gasteiger partial charge on any atom is -0.462 e. The number of nitrogens with one attached hydrogen (secondary N) is 1. The van der Waals surface area contributed by atoms with Gasteiger partial charge in [-0.15, -0.1) is 0 Å². The molecule has 6 heteroatoms. The summed E-state index contributed by atoms with van der Waals surface area (Å²) in [5, 5.41) is 23.7. The molecule has 6 nitrogen and oxygen atoms in total. The molecule has 0 radical (unpaired) electrons. The molecule has 0 rings (SSSR count). The number of allylic oxidation sites excluding steroid dienone is 10. The second-order valence-corrected chi connectivity index (χ2v) is 16.3. The number of aliphatic hydroxyl groups excluding tert-OH is 2. The monoisotopic (exact) mass is 798 g/mol. The molecule has 0 saturated heterocycles. The number of ether oxygens (including phenoxy) is 1. The van der Waals surface area contributed by atoms with E-state index < -0.39 is 18.2 Å². The summed E-state index contributed by atoms with van der Waals surface area (Å²) in [6, 6.07) is -0.709. The van der Waals surface area contributed by atoms with Crippen molar-refractivity contribution in [1.29, 1.82) is 0 Å². The smallest absolute Gasteiger partial charge is 0.306 e. The van der Waals surface area contributed by atoms with Crippen LogP contribution in [0.1, 0.15) is 226 Å².